The Labute approximate surface area is 101 Å². The van der Waals surface area contributed by atoms with Crippen LogP contribution < -0.4 is 4.74 Å². The van der Waals surface area contributed by atoms with E-state index < -0.39 is 0 Å². The van der Waals surface area contributed by atoms with Gasteiger partial charge in [-0.1, -0.05) is 6.92 Å². The molecular weight excluding hydrogens is 221 g/mol. The van der Waals surface area contributed by atoms with Gasteiger partial charge in [-0.2, -0.15) is 0 Å². The third-order valence-electron chi connectivity index (χ3n) is 3.09. The van der Waals surface area contributed by atoms with Crippen molar-refractivity contribution in [2.45, 2.75) is 19.4 Å². The first kappa shape index (κ1) is 12.3. The number of hydrogen-bond donors (Lipinski definition) is 1. The SMILES string of the molecule is CCN(CCO)CC1Cc2cc(F)ccc2O1. The highest BCUT2D eigenvalue weighted by molar-refractivity contribution is 5.37. The van der Waals surface area contributed by atoms with E-state index in [2.05, 4.69) is 11.8 Å². The molecular formula is C13H18FNO2. The maximum Gasteiger partial charge on any atom is 0.123 e. The largest absolute Gasteiger partial charge is 0.488 e. The highest BCUT2D eigenvalue weighted by Crippen LogP contribution is 2.29. The average molecular weight is 239 g/mol. The van der Waals surface area contributed by atoms with Gasteiger partial charge in [0.1, 0.15) is 17.7 Å². The lowest BCUT2D eigenvalue weighted by molar-refractivity contribution is 0.134. The molecule has 4 heteroatoms. The van der Waals surface area contributed by atoms with Crippen molar-refractivity contribution in [1.29, 1.82) is 0 Å². The second-order valence-corrected chi connectivity index (χ2v) is 4.31. The molecule has 1 aromatic carbocycles. The van der Waals surface area contributed by atoms with E-state index in [1.165, 1.54) is 12.1 Å². The molecule has 1 aliphatic rings. The van der Waals surface area contributed by atoms with Gasteiger partial charge >= 0.3 is 0 Å². The molecule has 1 aliphatic heterocycles. The fraction of sp³-hybridized carbons (Fsp3) is 0.538. The number of aliphatic hydroxyl groups excluding tert-OH is 1. The third-order valence-corrected chi connectivity index (χ3v) is 3.09. The van der Waals surface area contributed by atoms with Gasteiger partial charge in [0.2, 0.25) is 0 Å². The number of nitrogens with zero attached hydrogens (tertiary/aromatic N) is 1. The van der Waals surface area contributed by atoms with Crippen LogP contribution in [0.3, 0.4) is 0 Å². The van der Waals surface area contributed by atoms with Crippen LogP contribution in [0.5, 0.6) is 5.75 Å². The van der Waals surface area contributed by atoms with Crippen LogP contribution in [0.2, 0.25) is 0 Å². The Balaban J connectivity index is 1.95. The van der Waals surface area contributed by atoms with Crippen molar-refractivity contribution < 1.29 is 14.2 Å². The molecule has 0 aromatic heterocycles. The Morgan fingerprint density at radius 1 is 1.53 bits per heavy atom. The molecule has 3 nitrogen and oxygen atoms in total. The van der Waals surface area contributed by atoms with Crippen LogP contribution in [0, 0.1) is 5.82 Å². The molecule has 1 N–H and O–H groups in total. The highest BCUT2D eigenvalue weighted by Gasteiger charge is 2.24. The summed E-state index contributed by atoms with van der Waals surface area (Å²) in [4.78, 5) is 2.13. The molecule has 0 fully saturated rings. The molecule has 94 valence electrons. The number of hydrogen-bond acceptors (Lipinski definition) is 3. The van der Waals surface area contributed by atoms with E-state index in [4.69, 9.17) is 9.84 Å². The van der Waals surface area contributed by atoms with Crippen LogP contribution in [0.4, 0.5) is 4.39 Å². The summed E-state index contributed by atoms with van der Waals surface area (Å²) < 4.78 is 18.8. The van der Waals surface area contributed by atoms with Crippen LogP contribution in [-0.4, -0.2) is 42.4 Å². The predicted molar refractivity (Wildman–Crippen MR) is 63.7 cm³/mol. The summed E-state index contributed by atoms with van der Waals surface area (Å²) in [5.41, 5.74) is 0.940. The summed E-state index contributed by atoms with van der Waals surface area (Å²) in [7, 11) is 0. The number of rotatable bonds is 5. The van der Waals surface area contributed by atoms with E-state index in [1.807, 2.05) is 0 Å². The standard InChI is InChI=1S/C13H18FNO2/c1-2-15(5-6-16)9-12-8-10-7-11(14)3-4-13(10)17-12/h3-4,7,12,16H,2,5-6,8-9H2,1H3. The molecule has 1 unspecified atom stereocenters. The molecule has 0 spiro atoms. The van der Waals surface area contributed by atoms with E-state index >= 15 is 0 Å². The average Bonchev–Trinajstić information content (AvgIpc) is 2.69. The normalized spacial score (nSPS) is 18.2. The predicted octanol–water partition coefficient (Wildman–Crippen LogP) is 1.44. The fourth-order valence-corrected chi connectivity index (χ4v) is 2.20. The summed E-state index contributed by atoms with van der Waals surface area (Å²) in [6, 6.07) is 4.65. The number of aliphatic hydroxyl groups is 1. The maximum absolute atomic E-state index is 13.0. The summed E-state index contributed by atoms with van der Waals surface area (Å²) in [5, 5.41) is 8.92. The topological polar surface area (TPSA) is 32.7 Å². The van der Waals surface area contributed by atoms with E-state index in [0.717, 1.165) is 30.8 Å². The van der Waals surface area contributed by atoms with Crippen LogP contribution >= 0.6 is 0 Å². The third kappa shape index (κ3) is 2.96. The highest BCUT2D eigenvalue weighted by atomic mass is 19.1. The van der Waals surface area contributed by atoms with Gasteiger partial charge in [-0.25, -0.2) is 4.39 Å². The zero-order valence-electron chi connectivity index (χ0n) is 10.0. The molecule has 0 aliphatic carbocycles. The van der Waals surface area contributed by atoms with Gasteiger partial charge in [-0.15, -0.1) is 0 Å². The van der Waals surface area contributed by atoms with Crippen molar-refractivity contribution >= 4 is 0 Å². The molecule has 0 radical (unpaired) electrons. The summed E-state index contributed by atoms with van der Waals surface area (Å²) in [6.45, 7) is 4.51. The number of fused-ring (bicyclic) bond motifs is 1. The van der Waals surface area contributed by atoms with Crippen LogP contribution in [-0.2, 0) is 6.42 Å². The van der Waals surface area contributed by atoms with Gasteiger partial charge < -0.3 is 9.84 Å². The minimum absolute atomic E-state index is 0.0679. The smallest absolute Gasteiger partial charge is 0.123 e. The Kier molecular flexibility index (Phi) is 3.97. The molecule has 17 heavy (non-hydrogen) atoms. The first-order chi connectivity index (χ1) is 8.22. The van der Waals surface area contributed by atoms with Gasteiger partial charge in [0.05, 0.1) is 6.61 Å². The van der Waals surface area contributed by atoms with Gasteiger partial charge in [0, 0.05) is 25.1 Å². The van der Waals surface area contributed by atoms with Crippen molar-refractivity contribution in [3.63, 3.8) is 0 Å². The second-order valence-electron chi connectivity index (χ2n) is 4.31. The number of ether oxygens (including phenoxy) is 1. The van der Waals surface area contributed by atoms with Gasteiger partial charge in [0.25, 0.3) is 0 Å². The monoisotopic (exact) mass is 239 g/mol. The van der Waals surface area contributed by atoms with Crippen molar-refractivity contribution in [2.75, 3.05) is 26.2 Å². The zero-order chi connectivity index (χ0) is 12.3. The van der Waals surface area contributed by atoms with E-state index in [-0.39, 0.29) is 18.5 Å². The quantitative estimate of drug-likeness (QED) is 0.844. The maximum atomic E-state index is 13.0. The summed E-state index contributed by atoms with van der Waals surface area (Å²) in [5.74, 6) is 0.576. The number of halogens is 1. The van der Waals surface area contributed by atoms with Gasteiger partial charge in [0.15, 0.2) is 0 Å². The van der Waals surface area contributed by atoms with Gasteiger partial charge in [-0.3, -0.25) is 4.90 Å². The lowest BCUT2D eigenvalue weighted by atomic mass is 10.1. The van der Waals surface area contributed by atoms with Crippen LogP contribution in [0.1, 0.15) is 12.5 Å². The Bertz CT molecular complexity index is 384. The first-order valence-corrected chi connectivity index (χ1v) is 6.01. The lowest BCUT2D eigenvalue weighted by Gasteiger charge is -2.22. The molecule has 0 bridgehead atoms. The first-order valence-electron chi connectivity index (χ1n) is 6.01. The number of likely N-dealkylation sites (N-methyl/N-ethyl adjacent to an activating group) is 1. The van der Waals surface area contributed by atoms with Crippen molar-refractivity contribution in [2.24, 2.45) is 0 Å². The molecule has 2 rings (SSSR count). The molecule has 0 amide bonds. The van der Waals surface area contributed by atoms with E-state index in [0.29, 0.717) is 6.54 Å². The molecule has 0 saturated carbocycles. The summed E-state index contributed by atoms with van der Waals surface area (Å²) in [6.07, 6.45) is 0.813. The van der Waals surface area contributed by atoms with Crippen molar-refractivity contribution in [3.8, 4) is 5.75 Å². The van der Waals surface area contributed by atoms with Crippen LogP contribution in [0.25, 0.3) is 0 Å². The Morgan fingerprint density at radius 3 is 3.06 bits per heavy atom. The number of benzene rings is 1. The minimum Gasteiger partial charge on any atom is -0.488 e. The van der Waals surface area contributed by atoms with Crippen molar-refractivity contribution in [1.82, 2.24) is 4.90 Å². The molecule has 1 atom stereocenters. The van der Waals surface area contributed by atoms with Crippen molar-refractivity contribution in [3.05, 3.63) is 29.6 Å². The fourth-order valence-electron chi connectivity index (χ4n) is 2.20. The van der Waals surface area contributed by atoms with Gasteiger partial charge in [-0.05, 0) is 24.7 Å². The molecule has 0 saturated heterocycles. The second kappa shape index (κ2) is 5.47. The Morgan fingerprint density at radius 2 is 2.35 bits per heavy atom. The van der Waals surface area contributed by atoms with Crippen LogP contribution in [0.15, 0.2) is 18.2 Å². The molecule has 1 aromatic rings. The van der Waals surface area contributed by atoms with E-state index in [1.54, 1.807) is 6.07 Å². The Hall–Kier alpha value is -1.13. The molecule has 1 heterocycles. The minimum atomic E-state index is -0.212. The lowest BCUT2D eigenvalue weighted by Crippen LogP contribution is -2.36. The van der Waals surface area contributed by atoms with E-state index in [9.17, 15) is 4.39 Å². The zero-order valence-corrected chi connectivity index (χ0v) is 10.0. The summed E-state index contributed by atoms with van der Waals surface area (Å²) >= 11 is 0.